The lowest BCUT2D eigenvalue weighted by molar-refractivity contribution is 0.0160. The first-order valence-corrected chi connectivity index (χ1v) is 8.47. The number of hydrogen-bond acceptors (Lipinski definition) is 4. The number of rotatable bonds is 5. The summed E-state index contributed by atoms with van der Waals surface area (Å²) in [4.78, 5) is 16.4. The summed E-state index contributed by atoms with van der Waals surface area (Å²) in [7, 11) is 0. The highest BCUT2D eigenvalue weighted by Crippen LogP contribution is 2.21. The zero-order valence-electron chi connectivity index (χ0n) is 15.1. The van der Waals surface area contributed by atoms with Crippen LogP contribution < -0.4 is 5.32 Å². The number of nitrogens with one attached hydrogen (secondary N) is 1. The van der Waals surface area contributed by atoms with Crippen LogP contribution in [0.25, 0.3) is 0 Å². The molecule has 0 spiro atoms. The molecular weight excluding hydrogens is 278 g/mol. The molecule has 0 radical (unpaired) electrons. The molecule has 0 aromatic carbocycles. The summed E-state index contributed by atoms with van der Waals surface area (Å²) in [6.45, 7) is 15.5. The summed E-state index contributed by atoms with van der Waals surface area (Å²) in [5, 5.41) is 3.43. The number of allylic oxidation sites excluding steroid dienone is 1. The minimum atomic E-state index is -0.424. The lowest BCUT2D eigenvalue weighted by Crippen LogP contribution is -2.49. The molecule has 0 atom stereocenters. The van der Waals surface area contributed by atoms with Gasteiger partial charge < -0.3 is 19.9 Å². The topological polar surface area (TPSA) is 44.8 Å². The van der Waals surface area contributed by atoms with E-state index in [1.54, 1.807) is 0 Å². The monoisotopic (exact) mass is 311 g/mol. The van der Waals surface area contributed by atoms with Crippen LogP contribution in [-0.4, -0.2) is 53.7 Å². The molecule has 1 rings (SSSR count). The average Bonchev–Trinajstić information content (AvgIpc) is 2.46. The summed E-state index contributed by atoms with van der Waals surface area (Å²) in [5.74, 6) is 1.20. The van der Waals surface area contributed by atoms with E-state index in [1.807, 2.05) is 25.7 Å². The zero-order chi connectivity index (χ0) is 16.8. The maximum absolute atomic E-state index is 12.1. The molecule has 0 unspecified atom stereocenters. The third-order valence-electron chi connectivity index (χ3n) is 3.84. The molecule has 0 aliphatic carbocycles. The molecule has 22 heavy (non-hydrogen) atoms. The molecule has 0 saturated carbocycles. The number of carbonyl (C=O) groups is 1. The van der Waals surface area contributed by atoms with E-state index < -0.39 is 5.60 Å². The van der Waals surface area contributed by atoms with Gasteiger partial charge in [0.2, 0.25) is 0 Å². The molecule has 1 aliphatic heterocycles. The summed E-state index contributed by atoms with van der Waals surface area (Å²) >= 11 is 0. The first-order chi connectivity index (χ1) is 10.3. The van der Waals surface area contributed by atoms with E-state index in [2.05, 4.69) is 37.1 Å². The molecule has 1 N–H and O–H groups in total. The standard InChI is InChI=1S/C17H33N3O2/c1-7-15(18-8-2)20(9-3)14-10-12-19(13-11-14)16(21)22-17(4,5)6/h7,14,18H,8-13H2,1-6H3/b15-7-. The minimum absolute atomic E-state index is 0.188. The number of nitrogens with zero attached hydrogens (tertiary/aromatic N) is 2. The summed E-state index contributed by atoms with van der Waals surface area (Å²) in [5.41, 5.74) is -0.424. The number of carbonyl (C=O) groups excluding carboxylic acids is 1. The van der Waals surface area contributed by atoms with Crippen LogP contribution in [0.4, 0.5) is 4.79 Å². The lowest BCUT2D eigenvalue weighted by atomic mass is 10.0. The van der Waals surface area contributed by atoms with Crippen molar-refractivity contribution in [1.29, 1.82) is 0 Å². The normalized spacial score (nSPS) is 17.4. The number of piperidine rings is 1. The highest BCUT2D eigenvalue weighted by molar-refractivity contribution is 5.68. The molecule has 5 nitrogen and oxygen atoms in total. The molecule has 1 amide bonds. The highest BCUT2D eigenvalue weighted by Gasteiger charge is 2.29. The van der Waals surface area contributed by atoms with E-state index >= 15 is 0 Å². The first kappa shape index (κ1) is 18.7. The summed E-state index contributed by atoms with van der Waals surface area (Å²) in [6, 6.07) is 0.480. The Morgan fingerprint density at radius 1 is 1.32 bits per heavy atom. The van der Waals surface area contributed by atoms with E-state index in [1.165, 1.54) is 5.82 Å². The van der Waals surface area contributed by atoms with Crippen molar-refractivity contribution in [2.45, 2.75) is 66.0 Å². The van der Waals surface area contributed by atoms with E-state index in [0.29, 0.717) is 6.04 Å². The molecule has 128 valence electrons. The van der Waals surface area contributed by atoms with Crippen molar-refractivity contribution < 1.29 is 9.53 Å². The molecule has 0 aromatic rings. The second kappa shape index (κ2) is 8.30. The molecule has 1 fully saturated rings. The molecule has 1 aliphatic rings. The highest BCUT2D eigenvalue weighted by atomic mass is 16.6. The Balaban J connectivity index is 2.58. The Morgan fingerprint density at radius 2 is 1.91 bits per heavy atom. The maximum Gasteiger partial charge on any atom is 0.410 e. The zero-order valence-corrected chi connectivity index (χ0v) is 15.1. The number of amides is 1. The van der Waals surface area contributed by atoms with Gasteiger partial charge in [-0.1, -0.05) is 0 Å². The third-order valence-corrected chi connectivity index (χ3v) is 3.84. The van der Waals surface area contributed by atoms with E-state index in [9.17, 15) is 4.79 Å². The van der Waals surface area contributed by atoms with Crippen molar-refractivity contribution in [3.63, 3.8) is 0 Å². The Morgan fingerprint density at radius 3 is 2.32 bits per heavy atom. The van der Waals surface area contributed by atoms with Gasteiger partial charge in [0.1, 0.15) is 5.60 Å². The van der Waals surface area contributed by atoms with Gasteiger partial charge in [0.05, 0.1) is 5.82 Å². The number of likely N-dealkylation sites (tertiary alicyclic amines) is 1. The van der Waals surface area contributed by atoms with Gasteiger partial charge in [-0.15, -0.1) is 0 Å². The van der Waals surface area contributed by atoms with Crippen LogP contribution in [0.5, 0.6) is 0 Å². The van der Waals surface area contributed by atoms with Gasteiger partial charge in [-0.3, -0.25) is 0 Å². The van der Waals surface area contributed by atoms with Crippen LogP contribution in [0.1, 0.15) is 54.4 Å². The summed E-state index contributed by atoms with van der Waals surface area (Å²) in [6.07, 6.45) is 3.91. The van der Waals surface area contributed by atoms with Crippen LogP contribution in [-0.2, 0) is 4.74 Å². The second-order valence-electron chi connectivity index (χ2n) is 6.69. The van der Waals surface area contributed by atoms with Crippen molar-refractivity contribution in [3.05, 3.63) is 11.9 Å². The van der Waals surface area contributed by atoms with Gasteiger partial charge >= 0.3 is 6.09 Å². The van der Waals surface area contributed by atoms with Crippen molar-refractivity contribution in [3.8, 4) is 0 Å². The molecule has 0 bridgehead atoms. The molecule has 0 aromatic heterocycles. The van der Waals surface area contributed by atoms with Crippen molar-refractivity contribution >= 4 is 6.09 Å². The van der Waals surface area contributed by atoms with Crippen LogP contribution in [0.2, 0.25) is 0 Å². The average molecular weight is 311 g/mol. The van der Waals surface area contributed by atoms with E-state index in [0.717, 1.165) is 39.0 Å². The van der Waals surface area contributed by atoms with Crippen LogP contribution in [0, 0.1) is 0 Å². The van der Waals surface area contributed by atoms with Gasteiger partial charge in [0.15, 0.2) is 0 Å². The Bertz CT molecular complexity index is 380. The van der Waals surface area contributed by atoms with E-state index in [4.69, 9.17) is 4.74 Å². The quantitative estimate of drug-likeness (QED) is 0.847. The van der Waals surface area contributed by atoms with Crippen molar-refractivity contribution in [2.75, 3.05) is 26.2 Å². The van der Waals surface area contributed by atoms with Crippen LogP contribution in [0.15, 0.2) is 11.9 Å². The largest absolute Gasteiger partial charge is 0.444 e. The smallest absolute Gasteiger partial charge is 0.410 e. The number of hydrogen-bond donors (Lipinski definition) is 1. The minimum Gasteiger partial charge on any atom is -0.444 e. The van der Waals surface area contributed by atoms with Gasteiger partial charge in [-0.05, 0) is 60.5 Å². The Hall–Kier alpha value is -1.39. The Labute approximate surface area is 135 Å². The molecular formula is C17H33N3O2. The fourth-order valence-corrected chi connectivity index (χ4v) is 2.86. The molecule has 1 heterocycles. The van der Waals surface area contributed by atoms with Crippen molar-refractivity contribution in [1.82, 2.24) is 15.1 Å². The lowest BCUT2D eigenvalue weighted by Gasteiger charge is -2.40. The van der Waals surface area contributed by atoms with Gasteiger partial charge in [-0.2, -0.15) is 0 Å². The fraction of sp³-hybridized carbons (Fsp3) is 0.824. The molecule has 5 heteroatoms. The van der Waals surface area contributed by atoms with Gasteiger partial charge in [-0.25, -0.2) is 4.79 Å². The third kappa shape index (κ3) is 5.43. The predicted molar refractivity (Wildman–Crippen MR) is 90.6 cm³/mol. The summed E-state index contributed by atoms with van der Waals surface area (Å²) < 4.78 is 5.46. The Kier molecular flexibility index (Phi) is 7.04. The van der Waals surface area contributed by atoms with Gasteiger partial charge in [0.25, 0.3) is 0 Å². The predicted octanol–water partition coefficient (Wildman–Crippen LogP) is 3.18. The first-order valence-electron chi connectivity index (χ1n) is 8.47. The maximum atomic E-state index is 12.1. The number of ether oxygens (including phenoxy) is 1. The van der Waals surface area contributed by atoms with Gasteiger partial charge in [0, 0.05) is 32.2 Å². The second-order valence-corrected chi connectivity index (χ2v) is 6.69. The van der Waals surface area contributed by atoms with E-state index in [-0.39, 0.29) is 6.09 Å². The molecule has 1 saturated heterocycles. The van der Waals surface area contributed by atoms with Crippen LogP contribution >= 0.6 is 0 Å². The van der Waals surface area contributed by atoms with Crippen LogP contribution in [0.3, 0.4) is 0 Å². The van der Waals surface area contributed by atoms with Crippen molar-refractivity contribution in [2.24, 2.45) is 0 Å². The SMILES string of the molecule is C/C=C(/NCC)N(CC)C1CCN(C(=O)OC(C)(C)C)CC1. The fourth-order valence-electron chi connectivity index (χ4n) is 2.86.